The third-order valence-corrected chi connectivity index (χ3v) is 5.35. The molecule has 0 unspecified atom stereocenters. The predicted molar refractivity (Wildman–Crippen MR) is 109 cm³/mol. The average Bonchev–Trinajstić information content (AvgIpc) is 3.19. The number of aromatic nitrogens is 2. The number of carbonyl (C=O) groups excluding carboxylic acids is 1. The first-order valence-electron chi connectivity index (χ1n) is 9.80. The number of ether oxygens (including phenoxy) is 1. The van der Waals surface area contributed by atoms with Crippen molar-refractivity contribution in [1.29, 1.82) is 0 Å². The van der Waals surface area contributed by atoms with Gasteiger partial charge in [-0.2, -0.15) is 5.10 Å². The van der Waals surface area contributed by atoms with Crippen LogP contribution < -0.4 is 10.1 Å². The van der Waals surface area contributed by atoms with E-state index in [0.29, 0.717) is 12.2 Å². The van der Waals surface area contributed by atoms with E-state index >= 15 is 0 Å². The molecule has 1 heterocycles. The third kappa shape index (κ3) is 3.52. The molecule has 5 heteroatoms. The van der Waals surface area contributed by atoms with Crippen molar-refractivity contribution in [2.24, 2.45) is 0 Å². The monoisotopic (exact) mass is 375 g/mol. The van der Waals surface area contributed by atoms with Crippen molar-refractivity contribution in [3.05, 3.63) is 71.4 Å². The van der Waals surface area contributed by atoms with E-state index in [9.17, 15) is 4.79 Å². The molecule has 0 saturated heterocycles. The van der Waals surface area contributed by atoms with Crippen LogP contribution in [-0.2, 0) is 13.0 Å². The van der Waals surface area contributed by atoms with Crippen LogP contribution in [0.5, 0.6) is 5.75 Å². The number of aryl methyl sites for hydroxylation is 2. The molecular weight excluding hydrogens is 350 g/mol. The Morgan fingerprint density at radius 1 is 1.21 bits per heavy atom. The maximum Gasteiger partial charge on any atom is 0.272 e. The lowest BCUT2D eigenvalue weighted by atomic mass is 9.87. The minimum atomic E-state index is -0.127. The zero-order chi connectivity index (χ0) is 19.5. The third-order valence-electron chi connectivity index (χ3n) is 5.35. The Kier molecular flexibility index (Phi) is 5.15. The van der Waals surface area contributed by atoms with Crippen molar-refractivity contribution in [3.63, 3.8) is 0 Å². The molecule has 28 heavy (non-hydrogen) atoms. The summed E-state index contributed by atoms with van der Waals surface area (Å²) in [6.07, 6.45) is 3.12. The zero-order valence-corrected chi connectivity index (χ0v) is 16.3. The summed E-state index contributed by atoms with van der Waals surface area (Å²) in [6.45, 7) is 2.71. The molecule has 5 nitrogen and oxygen atoms in total. The van der Waals surface area contributed by atoms with E-state index in [1.54, 1.807) is 7.11 Å². The van der Waals surface area contributed by atoms with Crippen molar-refractivity contribution in [2.45, 2.75) is 38.8 Å². The van der Waals surface area contributed by atoms with E-state index in [0.717, 1.165) is 36.3 Å². The lowest BCUT2D eigenvalue weighted by Gasteiger charge is -2.26. The second kappa shape index (κ2) is 7.89. The zero-order valence-electron chi connectivity index (χ0n) is 16.3. The van der Waals surface area contributed by atoms with Crippen LogP contribution in [0.25, 0.3) is 11.3 Å². The Morgan fingerprint density at radius 2 is 2.07 bits per heavy atom. The molecule has 1 amide bonds. The van der Waals surface area contributed by atoms with Crippen LogP contribution in [0.4, 0.5) is 0 Å². The van der Waals surface area contributed by atoms with Gasteiger partial charge in [-0.3, -0.25) is 9.48 Å². The van der Waals surface area contributed by atoms with E-state index in [-0.39, 0.29) is 11.9 Å². The number of rotatable bonds is 5. The molecule has 2 aromatic carbocycles. The van der Waals surface area contributed by atoms with Gasteiger partial charge in [0.15, 0.2) is 5.69 Å². The minimum Gasteiger partial charge on any atom is -0.497 e. The van der Waals surface area contributed by atoms with Gasteiger partial charge in [-0.05, 0) is 55.5 Å². The van der Waals surface area contributed by atoms with E-state index in [1.807, 2.05) is 48.0 Å². The van der Waals surface area contributed by atoms with Crippen LogP contribution in [0.2, 0.25) is 0 Å². The number of nitrogens with one attached hydrogen (secondary N) is 1. The smallest absolute Gasteiger partial charge is 0.272 e. The minimum absolute atomic E-state index is 0.0458. The molecule has 0 bridgehead atoms. The van der Waals surface area contributed by atoms with Crippen molar-refractivity contribution in [1.82, 2.24) is 15.1 Å². The molecule has 0 aliphatic heterocycles. The predicted octanol–water partition coefficient (Wildman–Crippen LogP) is 4.39. The topological polar surface area (TPSA) is 56.2 Å². The molecule has 0 fully saturated rings. The largest absolute Gasteiger partial charge is 0.497 e. The van der Waals surface area contributed by atoms with Crippen molar-refractivity contribution < 1.29 is 9.53 Å². The highest BCUT2D eigenvalue weighted by Gasteiger charge is 2.23. The number of nitrogens with zero attached hydrogens (tertiary/aromatic N) is 2. The molecule has 3 aromatic rings. The first-order chi connectivity index (χ1) is 13.7. The van der Waals surface area contributed by atoms with Gasteiger partial charge >= 0.3 is 0 Å². The van der Waals surface area contributed by atoms with Gasteiger partial charge in [0.05, 0.1) is 18.8 Å². The molecule has 1 N–H and O–H groups in total. The van der Waals surface area contributed by atoms with Crippen LogP contribution in [0.3, 0.4) is 0 Å². The number of fused-ring (bicyclic) bond motifs is 1. The van der Waals surface area contributed by atoms with Gasteiger partial charge in [0.2, 0.25) is 0 Å². The number of amides is 1. The van der Waals surface area contributed by atoms with Crippen molar-refractivity contribution >= 4 is 5.91 Å². The van der Waals surface area contributed by atoms with Gasteiger partial charge in [0, 0.05) is 12.1 Å². The molecule has 1 aromatic heterocycles. The highest BCUT2D eigenvalue weighted by Crippen LogP contribution is 2.30. The first kappa shape index (κ1) is 18.3. The van der Waals surface area contributed by atoms with Crippen LogP contribution in [-0.4, -0.2) is 22.8 Å². The second-order valence-electron chi connectivity index (χ2n) is 7.08. The maximum absolute atomic E-state index is 12.9. The summed E-state index contributed by atoms with van der Waals surface area (Å²) >= 11 is 0. The molecule has 4 rings (SSSR count). The number of hydrogen-bond donors (Lipinski definition) is 1. The summed E-state index contributed by atoms with van der Waals surface area (Å²) in [4.78, 5) is 12.9. The summed E-state index contributed by atoms with van der Waals surface area (Å²) in [5, 5.41) is 7.74. The number of benzene rings is 2. The van der Waals surface area contributed by atoms with Gasteiger partial charge < -0.3 is 10.1 Å². The van der Waals surface area contributed by atoms with Gasteiger partial charge in [0.1, 0.15) is 5.75 Å². The highest BCUT2D eigenvalue weighted by molar-refractivity contribution is 5.93. The van der Waals surface area contributed by atoms with E-state index in [1.165, 1.54) is 11.1 Å². The lowest BCUT2D eigenvalue weighted by Crippen LogP contribution is -2.31. The summed E-state index contributed by atoms with van der Waals surface area (Å²) in [6, 6.07) is 18.1. The summed E-state index contributed by atoms with van der Waals surface area (Å²) < 4.78 is 7.19. The average molecular weight is 375 g/mol. The Morgan fingerprint density at radius 3 is 2.89 bits per heavy atom. The standard InChI is InChI=1S/C23H25N3O2/c1-3-26-22(17-10-6-11-18(14-17)28-2)15-21(25-26)23(27)24-20-13-7-9-16-8-4-5-12-19(16)20/h4-6,8,10-12,14-15,20H,3,7,9,13H2,1-2H3,(H,24,27)/t20-/m1/s1. The second-order valence-corrected chi connectivity index (χ2v) is 7.08. The normalized spacial score (nSPS) is 15.7. The van der Waals surface area contributed by atoms with Crippen molar-refractivity contribution in [2.75, 3.05) is 7.11 Å². The molecule has 0 radical (unpaired) electrons. The Balaban J connectivity index is 1.60. The number of hydrogen-bond acceptors (Lipinski definition) is 3. The SMILES string of the molecule is CCn1nc(C(=O)N[C@@H]2CCCc3ccccc32)cc1-c1cccc(OC)c1. The molecule has 1 aliphatic carbocycles. The molecular formula is C23H25N3O2. The molecule has 0 spiro atoms. The van der Waals surface area contributed by atoms with Crippen LogP contribution >= 0.6 is 0 Å². The fraction of sp³-hybridized carbons (Fsp3) is 0.304. The molecule has 1 aliphatic rings. The van der Waals surface area contributed by atoms with Crippen LogP contribution in [0, 0.1) is 0 Å². The Bertz CT molecular complexity index is 993. The van der Waals surface area contributed by atoms with Crippen LogP contribution in [0.15, 0.2) is 54.6 Å². The van der Waals surface area contributed by atoms with E-state index in [4.69, 9.17) is 4.74 Å². The van der Waals surface area contributed by atoms with Crippen molar-refractivity contribution in [3.8, 4) is 17.0 Å². The summed E-state index contributed by atoms with van der Waals surface area (Å²) in [5.74, 6) is 0.657. The number of methoxy groups -OCH3 is 1. The van der Waals surface area contributed by atoms with E-state index in [2.05, 4.69) is 28.6 Å². The fourth-order valence-electron chi connectivity index (χ4n) is 3.92. The maximum atomic E-state index is 12.9. The Labute approximate surface area is 165 Å². The quantitative estimate of drug-likeness (QED) is 0.720. The number of carbonyl (C=O) groups is 1. The summed E-state index contributed by atoms with van der Waals surface area (Å²) in [7, 11) is 1.65. The van der Waals surface area contributed by atoms with Gasteiger partial charge in [-0.25, -0.2) is 0 Å². The highest BCUT2D eigenvalue weighted by atomic mass is 16.5. The van der Waals surface area contributed by atoms with E-state index < -0.39 is 0 Å². The van der Waals surface area contributed by atoms with Gasteiger partial charge in [-0.15, -0.1) is 0 Å². The fourth-order valence-corrected chi connectivity index (χ4v) is 3.92. The first-order valence-corrected chi connectivity index (χ1v) is 9.80. The molecule has 1 atom stereocenters. The van der Waals surface area contributed by atoms with Gasteiger partial charge in [0.25, 0.3) is 5.91 Å². The van der Waals surface area contributed by atoms with Crippen LogP contribution in [0.1, 0.15) is 47.4 Å². The molecule has 144 valence electrons. The van der Waals surface area contributed by atoms with Gasteiger partial charge in [-0.1, -0.05) is 36.4 Å². The molecule has 0 saturated carbocycles. The summed E-state index contributed by atoms with van der Waals surface area (Å²) in [5.41, 5.74) is 4.90. The lowest BCUT2D eigenvalue weighted by molar-refractivity contribution is 0.0927. The Hall–Kier alpha value is -3.08.